The summed E-state index contributed by atoms with van der Waals surface area (Å²) >= 11 is 3.69. The van der Waals surface area contributed by atoms with E-state index in [1.165, 1.54) is 29.3 Å². The molecule has 3 unspecified atom stereocenters. The van der Waals surface area contributed by atoms with E-state index in [-0.39, 0.29) is 0 Å². The van der Waals surface area contributed by atoms with Gasteiger partial charge in [-0.2, -0.15) is 0 Å². The van der Waals surface area contributed by atoms with E-state index in [4.69, 9.17) is 0 Å². The zero-order valence-corrected chi connectivity index (χ0v) is 13.2. The van der Waals surface area contributed by atoms with Crippen molar-refractivity contribution < 1.29 is 0 Å². The van der Waals surface area contributed by atoms with Crippen molar-refractivity contribution >= 4 is 15.9 Å². The van der Waals surface area contributed by atoms with Gasteiger partial charge in [-0.05, 0) is 55.7 Å². The second-order valence-corrected chi connectivity index (χ2v) is 6.82. The first-order valence-corrected chi connectivity index (χ1v) is 7.82. The molecule has 18 heavy (non-hydrogen) atoms. The molecule has 1 N–H and O–H groups in total. The van der Waals surface area contributed by atoms with Crippen LogP contribution in [0.25, 0.3) is 0 Å². The first kappa shape index (κ1) is 14.1. The number of nitrogens with one attached hydrogen (secondary N) is 1. The predicted molar refractivity (Wildman–Crippen MR) is 81.6 cm³/mol. The lowest BCUT2D eigenvalue weighted by atomic mass is 9.72. The van der Waals surface area contributed by atoms with E-state index in [0.29, 0.717) is 6.04 Å². The van der Waals surface area contributed by atoms with Gasteiger partial charge in [0.1, 0.15) is 0 Å². The second-order valence-electron chi connectivity index (χ2n) is 5.97. The quantitative estimate of drug-likeness (QED) is 0.847. The Balaban J connectivity index is 2.20. The molecule has 1 aromatic rings. The predicted octanol–water partition coefficient (Wildman–Crippen LogP) is 4.78. The molecular formula is C16H24BrN. The summed E-state index contributed by atoms with van der Waals surface area (Å²) in [6, 6.07) is 9.10. The van der Waals surface area contributed by atoms with Gasteiger partial charge in [0.2, 0.25) is 0 Å². The maximum atomic E-state index is 3.69. The van der Waals surface area contributed by atoms with Crippen molar-refractivity contribution in [2.45, 2.75) is 39.2 Å². The van der Waals surface area contributed by atoms with Gasteiger partial charge in [-0.3, -0.25) is 0 Å². The number of benzene rings is 1. The Morgan fingerprint density at radius 3 is 2.28 bits per heavy atom. The van der Waals surface area contributed by atoms with E-state index in [1.807, 2.05) is 0 Å². The zero-order valence-electron chi connectivity index (χ0n) is 11.6. The zero-order chi connectivity index (χ0) is 13.1. The molecule has 0 aromatic heterocycles. The maximum absolute atomic E-state index is 3.69. The Bertz CT molecular complexity index is 380. The van der Waals surface area contributed by atoms with Crippen LogP contribution in [0.1, 0.15) is 44.7 Å². The normalized spacial score (nSPS) is 30.1. The molecule has 2 rings (SSSR count). The summed E-state index contributed by atoms with van der Waals surface area (Å²) in [5.74, 6) is 2.47. The van der Waals surface area contributed by atoms with E-state index in [1.54, 1.807) is 0 Å². The van der Waals surface area contributed by atoms with E-state index in [9.17, 15) is 0 Å². The van der Waals surface area contributed by atoms with Gasteiger partial charge in [-0.15, -0.1) is 0 Å². The summed E-state index contributed by atoms with van der Waals surface area (Å²) in [4.78, 5) is 0. The van der Waals surface area contributed by atoms with E-state index in [0.717, 1.165) is 17.8 Å². The molecule has 1 aliphatic rings. The summed E-state index contributed by atoms with van der Waals surface area (Å²) in [5.41, 5.74) is 1.41. The molecule has 1 saturated carbocycles. The third-order valence-corrected chi connectivity index (χ3v) is 4.96. The Hall–Kier alpha value is -0.340. The third kappa shape index (κ3) is 3.16. The summed E-state index contributed by atoms with van der Waals surface area (Å²) in [6.07, 6.45) is 4.08. The minimum absolute atomic E-state index is 0.478. The van der Waals surface area contributed by atoms with Crippen LogP contribution < -0.4 is 5.32 Å². The highest BCUT2D eigenvalue weighted by Crippen LogP contribution is 2.41. The van der Waals surface area contributed by atoms with Crippen LogP contribution in [0, 0.1) is 17.8 Å². The molecule has 2 heteroatoms. The lowest BCUT2D eigenvalue weighted by Gasteiger charge is -2.37. The molecule has 1 aromatic carbocycles. The molecule has 1 nitrogen and oxygen atoms in total. The number of hydrogen-bond donors (Lipinski definition) is 1. The van der Waals surface area contributed by atoms with Crippen LogP contribution in [-0.4, -0.2) is 7.05 Å². The number of rotatable bonds is 3. The van der Waals surface area contributed by atoms with Gasteiger partial charge in [0.05, 0.1) is 0 Å². The second kappa shape index (κ2) is 6.21. The molecule has 1 aliphatic carbocycles. The average molecular weight is 310 g/mol. The van der Waals surface area contributed by atoms with Crippen LogP contribution in [0.2, 0.25) is 0 Å². The molecule has 100 valence electrons. The molecule has 0 saturated heterocycles. The van der Waals surface area contributed by atoms with Crippen molar-refractivity contribution in [2.24, 2.45) is 17.8 Å². The van der Waals surface area contributed by atoms with Crippen molar-refractivity contribution in [1.29, 1.82) is 0 Å². The summed E-state index contributed by atoms with van der Waals surface area (Å²) in [6.45, 7) is 4.80. The lowest BCUT2D eigenvalue weighted by Crippen LogP contribution is -2.31. The Morgan fingerprint density at radius 1 is 1.11 bits per heavy atom. The summed E-state index contributed by atoms with van der Waals surface area (Å²) in [5, 5.41) is 3.54. The van der Waals surface area contributed by atoms with Crippen molar-refractivity contribution in [1.82, 2.24) is 5.32 Å². The molecular weight excluding hydrogens is 286 g/mol. The first-order valence-electron chi connectivity index (χ1n) is 7.03. The van der Waals surface area contributed by atoms with Gasteiger partial charge < -0.3 is 5.32 Å². The fourth-order valence-electron chi connectivity index (χ4n) is 3.65. The van der Waals surface area contributed by atoms with Gasteiger partial charge in [0.25, 0.3) is 0 Å². The van der Waals surface area contributed by atoms with Crippen LogP contribution in [-0.2, 0) is 0 Å². The average Bonchev–Trinajstić information content (AvgIpc) is 2.31. The Kier molecular flexibility index (Phi) is 4.85. The van der Waals surface area contributed by atoms with Gasteiger partial charge in [-0.25, -0.2) is 0 Å². The highest BCUT2D eigenvalue weighted by molar-refractivity contribution is 9.10. The third-order valence-electron chi connectivity index (χ3n) is 4.24. The minimum Gasteiger partial charge on any atom is -0.313 e. The minimum atomic E-state index is 0.478. The maximum Gasteiger partial charge on any atom is 0.0357 e. The fourth-order valence-corrected chi connectivity index (χ4v) is 4.19. The van der Waals surface area contributed by atoms with Crippen LogP contribution in [0.5, 0.6) is 0 Å². The van der Waals surface area contributed by atoms with E-state index < -0.39 is 0 Å². The molecule has 0 spiro atoms. The van der Waals surface area contributed by atoms with Gasteiger partial charge in [-0.1, -0.05) is 48.0 Å². The number of hydrogen-bond acceptors (Lipinski definition) is 1. The Morgan fingerprint density at radius 2 is 1.72 bits per heavy atom. The van der Waals surface area contributed by atoms with Crippen LogP contribution in [0.4, 0.5) is 0 Å². The summed E-state index contributed by atoms with van der Waals surface area (Å²) < 4.78 is 1.23. The van der Waals surface area contributed by atoms with E-state index in [2.05, 4.69) is 66.4 Å². The molecule has 0 aliphatic heterocycles. The van der Waals surface area contributed by atoms with Gasteiger partial charge >= 0.3 is 0 Å². The summed E-state index contributed by atoms with van der Waals surface area (Å²) in [7, 11) is 2.09. The SMILES string of the molecule is CNC(c1ccccc1Br)C1CC(C)CC(C)C1. The fraction of sp³-hybridized carbons (Fsp3) is 0.625. The van der Waals surface area contributed by atoms with Crippen molar-refractivity contribution in [3.63, 3.8) is 0 Å². The van der Waals surface area contributed by atoms with E-state index >= 15 is 0 Å². The van der Waals surface area contributed by atoms with Crippen LogP contribution >= 0.6 is 15.9 Å². The smallest absolute Gasteiger partial charge is 0.0357 e. The monoisotopic (exact) mass is 309 g/mol. The topological polar surface area (TPSA) is 12.0 Å². The lowest BCUT2D eigenvalue weighted by molar-refractivity contribution is 0.180. The van der Waals surface area contributed by atoms with Crippen molar-refractivity contribution in [3.8, 4) is 0 Å². The van der Waals surface area contributed by atoms with Crippen LogP contribution in [0.15, 0.2) is 28.7 Å². The molecule has 0 radical (unpaired) electrons. The Labute approximate surface area is 119 Å². The van der Waals surface area contributed by atoms with Crippen molar-refractivity contribution in [3.05, 3.63) is 34.3 Å². The first-order chi connectivity index (χ1) is 8.61. The molecule has 3 atom stereocenters. The van der Waals surface area contributed by atoms with Crippen LogP contribution in [0.3, 0.4) is 0 Å². The highest BCUT2D eigenvalue weighted by atomic mass is 79.9. The molecule has 1 fully saturated rings. The number of halogens is 1. The molecule has 0 bridgehead atoms. The highest BCUT2D eigenvalue weighted by Gasteiger charge is 2.30. The standard InChI is InChI=1S/C16H24BrN/c1-11-8-12(2)10-13(9-11)16(18-3)14-6-4-5-7-15(14)17/h4-7,11-13,16,18H,8-10H2,1-3H3. The van der Waals surface area contributed by atoms with Gasteiger partial charge in [0.15, 0.2) is 0 Å². The van der Waals surface area contributed by atoms with Gasteiger partial charge in [0, 0.05) is 10.5 Å². The molecule has 0 heterocycles. The molecule has 0 amide bonds. The van der Waals surface area contributed by atoms with Crippen molar-refractivity contribution in [2.75, 3.05) is 7.05 Å². The largest absolute Gasteiger partial charge is 0.313 e.